The number of carbonyl (C=O) groups is 2. The van der Waals surface area contributed by atoms with Crippen LogP contribution in [0.15, 0.2) is 30.5 Å². The topological polar surface area (TPSA) is 66.0 Å². The molecule has 2 aromatic rings. The number of benzene rings is 1. The van der Waals surface area contributed by atoms with Crippen LogP contribution in [0.5, 0.6) is 0 Å². The molecule has 0 aliphatic carbocycles. The summed E-state index contributed by atoms with van der Waals surface area (Å²) in [5, 5.41) is 0. The van der Waals surface area contributed by atoms with Crippen LogP contribution in [-0.2, 0) is 11.2 Å². The molecule has 2 aliphatic heterocycles. The fourth-order valence-electron chi connectivity index (χ4n) is 3.92. The van der Waals surface area contributed by atoms with Crippen LogP contribution in [0.4, 0.5) is 20.7 Å². The first-order chi connectivity index (χ1) is 14.5. The van der Waals surface area contributed by atoms with Crippen molar-refractivity contribution in [3.8, 4) is 0 Å². The molecule has 0 unspecified atom stereocenters. The predicted molar refractivity (Wildman–Crippen MR) is 112 cm³/mol. The standard InChI is InChI=1S/C22H25FN4O3/c1-3-16-12-15(2)20(24-14-16)25-6-8-26(9-7-25)21(28)18-5-4-17(13-19(18)23)27-10-11-30-22(27)29/h4-5,12-14H,3,6-11H2,1-2H3. The van der Waals surface area contributed by atoms with Crippen LogP contribution < -0.4 is 9.80 Å². The number of piperazine rings is 1. The lowest BCUT2D eigenvalue weighted by Gasteiger charge is -2.36. The van der Waals surface area contributed by atoms with Gasteiger partial charge in [0.25, 0.3) is 5.91 Å². The number of ether oxygens (including phenoxy) is 1. The van der Waals surface area contributed by atoms with Gasteiger partial charge in [-0.2, -0.15) is 0 Å². The summed E-state index contributed by atoms with van der Waals surface area (Å²) in [6.45, 7) is 7.08. The lowest BCUT2D eigenvalue weighted by Crippen LogP contribution is -2.49. The number of carbonyl (C=O) groups excluding carboxylic acids is 2. The third kappa shape index (κ3) is 3.81. The van der Waals surface area contributed by atoms with Gasteiger partial charge in [-0.1, -0.05) is 13.0 Å². The Balaban J connectivity index is 1.42. The predicted octanol–water partition coefficient (Wildman–Crippen LogP) is 3.01. The number of pyridine rings is 1. The second kappa shape index (κ2) is 8.30. The summed E-state index contributed by atoms with van der Waals surface area (Å²) in [6.07, 6.45) is 2.34. The van der Waals surface area contributed by atoms with Crippen molar-refractivity contribution in [2.45, 2.75) is 20.3 Å². The third-order valence-corrected chi connectivity index (χ3v) is 5.64. The summed E-state index contributed by atoms with van der Waals surface area (Å²) in [4.78, 5) is 34.3. The molecule has 1 aromatic heterocycles. The highest BCUT2D eigenvalue weighted by atomic mass is 19.1. The Morgan fingerprint density at radius 2 is 1.93 bits per heavy atom. The lowest BCUT2D eigenvalue weighted by atomic mass is 10.1. The number of aryl methyl sites for hydroxylation is 2. The largest absolute Gasteiger partial charge is 0.447 e. The molecule has 0 atom stereocenters. The number of amides is 2. The average Bonchev–Trinajstić information content (AvgIpc) is 3.19. The molecule has 0 N–H and O–H groups in total. The Kier molecular flexibility index (Phi) is 5.57. The van der Waals surface area contributed by atoms with Gasteiger partial charge >= 0.3 is 6.09 Å². The molecular weight excluding hydrogens is 387 g/mol. The second-order valence-corrected chi connectivity index (χ2v) is 7.55. The number of anilines is 2. The number of nitrogens with zero attached hydrogens (tertiary/aromatic N) is 4. The van der Waals surface area contributed by atoms with E-state index in [2.05, 4.69) is 22.9 Å². The van der Waals surface area contributed by atoms with Gasteiger partial charge in [0, 0.05) is 32.4 Å². The summed E-state index contributed by atoms with van der Waals surface area (Å²) in [7, 11) is 0. The molecule has 8 heteroatoms. The van der Waals surface area contributed by atoms with Crippen LogP contribution in [0.1, 0.15) is 28.4 Å². The molecule has 2 saturated heterocycles. The maximum Gasteiger partial charge on any atom is 0.414 e. The van der Waals surface area contributed by atoms with Crippen LogP contribution in [-0.4, -0.2) is 61.2 Å². The van der Waals surface area contributed by atoms with Crippen molar-refractivity contribution in [1.29, 1.82) is 0 Å². The minimum atomic E-state index is -0.632. The van der Waals surface area contributed by atoms with Crippen molar-refractivity contribution in [2.24, 2.45) is 0 Å². The monoisotopic (exact) mass is 412 g/mol. The Morgan fingerprint density at radius 1 is 1.17 bits per heavy atom. The van der Waals surface area contributed by atoms with Crippen molar-refractivity contribution in [1.82, 2.24) is 9.88 Å². The molecular formula is C22H25FN4O3. The minimum absolute atomic E-state index is 0.0152. The van der Waals surface area contributed by atoms with Gasteiger partial charge in [0.1, 0.15) is 18.2 Å². The van der Waals surface area contributed by atoms with Gasteiger partial charge in [-0.3, -0.25) is 9.69 Å². The molecule has 2 fully saturated rings. The highest BCUT2D eigenvalue weighted by Gasteiger charge is 2.28. The molecule has 1 aromatic carbocycles. The van der Waals surface area contributed by atoms with Crippen LogP contribution in [0.3, 0.4) is 0 Å². The van der Waals surface area contributed by atoms with Gasteiger partial charge in [-0.05, 0) is 42.7 Å². The second-order valence-electron chi connectivity index (χ2n) is 7.55. The minimum Gasteiger partial charge on any atom is -0.447 e. The fraction of sp³-hybridized carbons (Fsp3) is 0.409. The van der Waals surface area contributed by atoms with Crippen molar-refractivity contribution in [3.05, 3.63) is 53.0 Å². The van der Waals surface area contributed by atoms with E-state index in [1.54, 1.807) is 11.0 Å². The summed E-state index contributed by atoms with van der Waals surface area (Å²) in [5.74, 6) is -0.0339. The quantitative estimate of drug-likeness (QED) is 0.772. The molecule has 158 valence electrons. The number of aromatic nitrogens is 1. The first kappa shape index (κ1) is 20.1. The van der Waals surface area contributed by atoms with E-state index in [1.807, 2.05) is 13.1 Å². The lowest BCUT2D eigenvalue weighted by molar-refractivity contribution is 0.0742. The van der Waals surface area contributed by atoms with Gasteiger partial charge in [0.05, 0.1) is 17.8 Å². The zero-order chi connectivity index (χ0) is 21.3. The number of cyclic esters (lactones) is 1. The molecule has 2 amide bonds. The van der Waals surface area contributed by atoms with Crippen molar-refractivity contribution >= 4 is 23.5 Å². The van der Waals surface area contributed by atoms with Gasteiger partial charge in [-0.15, -0.1) is 0 Å². The van der Waals surface area contributed by atoms with Gasteiger partial charge < -0.3 is 14.5 Å². The first-order valence-electron chi connectivity index (χ1n) is 10.2. The van der Waals surface area contributed by atoms with E-state index < -0.39 is 11.9 Å². The van der Waals surface area contributed by atoms with Gasteiger partial charge in [-0.25, -0.2) is 14.2 Å². The molecule has 7 nitrogen and oxygen atoms in total. The van der Waals surface area contributed by atoms with Gasteiger partial charge in [0.15, 0.2) is 0 Å². The fourth-order valence-corrected chi connectivity index (χ4v) is 3.92. The van der Waals surface area contributed by atoms with Crippen molar-refractivity contribution in [3.63, 3.8) is 0 Å². The van der Waals surface area contributed by atoms with Crippen LogP contribution in [0, 0.1) is 12.7 Å². The van der Waals surface area contributed by atoms with Crippen LogP contribution in [0.2, 0.25) is 0 Å². The van der Waals surface area contributed by atoms with E-state index in [0.29, 0.717) is 38.4 Å². The molecule has 0 saturated carbocycles. The Morgan fingerprint density at radius 3 is 2.53 bits per heavy atom. The third-order valence-electron chi connectivity index (χ3n) is 5.64. The van der Waals surface area contributed by atoms with E-state index in [-0.39, 0.29) is 18.1 Å². The zero-order valence-corrected chi connectivity index (χ0v) is 17.2. The summed E-state index contributed by atoms with van der Waals surface area (Å²) in [6, 6.07) is 6.40. The normalized spacial score (nSPS) is 16.8. The highest BCUT2D eigenvalue weighted by Crippen LogP contribution is 2.24. The maximum atomic E-state index is 14.7. The summed E-state index contributed by atoms with van der Waals surface area (Å²) >= 11 is 0. The number of hydrogen-bond donors (Lipinski definition) is 0. The molecule has 2 aliphatic rings. The average molecular weight is 412 g/mol. The van der Waals surface area contributed by atoms with Crippen molar-refractivity contribution in [2.75, 3.05) is 49.1 Å². The van der Waals surface area contributed by atoms with E-state index in [0.717, 1.165) is 17.8 Å². The molecule has 30 heavy (non-hydrogen) atoms. The smallest absolute Gasteiger partial charge is 0.414 e. The van der Waals surface area contributed by atoms with Crippen LogP contribution >= 0.6 is 0 Å². The summed E-state index contributed by atoms with van der Waals surface area (Å²) in [5.41, 5.74) is 2.73. The van der Waals surface area contributed by atoms with Crippen molar-refractivity contribution < 1.29 is 18.7 Å². The number of rotatable bonds is 4. The summed E-state index contributed by atoms with van der Waals surface area (Å²) < 4.78 is 19.5. The zero-order valence-electron chi connectivity index (χ0n) is 17.2. The molecule has 3 heterocycles. The Hall–Kier alpha value is -3.16. The van der Waals surface area contributed by atoms with Crippen LogP contribution in [0.25, 0.3) is 0 Å². The molecule has 0 bridgehead atoms. The molecule has 4 rings (SSSR count). The van der Waals surface area contributed by atoms with E-state index in [4.69, 9.17) is 4.74 Å². The Labute approximate surface area is 175 Å². The van der Waals surface area contributed by atoms with E-state index in [9.17, 15) is 14.0 Å². The van der Waals surface area contributed by atoms with E-state index >= 15 is 0 Å². The SMILES string of the molecule is CCc1cnc(N2CCN(C(=O)c3ccc(N4CCOC4=O)cc3F)CC2)c(C)c1. The van der Waals surface area contributed by atoms with E-state index in [1.165, 1.54) is 22.6 Å². The highest BCUT2D eigenvalue weighted by molar-refractivity contribution is 5.96. The molecule has 0 radical (unpaired) electrons. The van der Waals surface area contributed by atoms with Gasteiger partial charge in [0.2, 0.25) is 0 Å². The number of hydrogen-bond acceptors (Lipinski definition) is 5. The Bertz CT molecular complexity index is 973. The maximum absolute atomic E-state index is 14.7. The number of halogens is 1. The first-order valence-corrected chi connectivity index (χ1v) is 10.2. The molecule has 0 spiro atoms.